The highest BCUT2D eigenvalue weighted by molar-refractivity contribution is 5.85. The molecule has 8 nitrogen and oxygen atoms in total. The van der Waals surface area contributed by atoms with Crippen molar-refractivity contribution in [2.45, 2.75) is 64.0 Å². The Morgan fingerprint density at radius 1 is 1.16 bits per heavy atom. The van der Waals surface area contributed by atoms with Crippen LogP contribution in [0.3, 0.4) is 0 Å². The molecule has 0 unspecified atom stereocenters. The molecule has 0 aliphatic carbocycles. The third-order valence-corrected chi connectivity index (χ3v) is 6.44. The van der Waals surface area contributed by atoms with Crippen LogP contribution in [0.2, 0.25) is 0 Å². The number of benzene rings is 1. The standard InChI is InChI=1S/C28H37FN4O4/c1-5-20(34)12-7-6-8-14-23(31-26(35)24(15-16-29)33(2)3)28-30-18-25(37-28)21-17-19-11-9-10-13-22(19)32-27(21)36-4/h9-11,13,17-18,23-24H,5-8,12,14-16H2,1-4H3,(H,31,35)/t23-,24-/m0/s1. The van der Waals surface area contributed by atoms with E-state index in [4.69, 9.17) is 9.15 Å². The van der Waals surface area contributed by atoms with E-state index in [2.05, 4.69) is 15.3 Å². The summed E-state index contributed by atoms with van der Waals surface area (Å²) in [5.41, 5.74) is 1.46. The molecule has 3 rings (SSSR count). The summed E-state index contributed by atoms with van der Waals surface area (Å²) < 4.78 is 24.8. The predicted molar refractivity (Wildman–Crippen MR) is 141 cm³/mol. The second kappa shape index (κ2) is 13.8. The molecule has 0 fully saturated rings. The maximum atomic E-state index is 13.1. The number of likely N-dealkylation sites (N-methyl/N-ethyl adjacent to an activating group) is 1. The number of aromatic nitrogens is 2. The summed E-state index contributed by atoms with van der Waals surface area (Å²) in [5, 5.41) is 3.95. The zero-order valence-electron chi connectivity index (χ0n) is 22.1. The van der Waals surface area contributed by atoms with E-state index in [1.54, 1.807) is 32.3 Å². The molecule has 0 radical (unpaired) electrons. The first-order chi connectivity index (χ1) is 17.9. The van der Waals surface area contributed by atoms with E-state index in [0.29, 0.717) is 42.4 Å². The van der Waals surface area contributed by atoms with E-state index in [1.165, 1.54) is 0 Å². The molecule has 1 amide bonds. The molecular weight excluding hydrogens is 475 g/mol. The molecule has 200 valence electrons. The number of methoxy groups -OCH3 is 1. The quantitative estimate of drug-likeness (QED) is 0.277. The van der Waals surface area contributed by atoms with Crippen molar-refractivity contribution >= 4 is 22.6 Å². The Hall–Kier alpha value is -3.33. The van der Waals surface area contributed by atoms with Crippen molar-refractivity contribution in [2.75, 3.05) is 27.9 Å². The number of hydrogen-bond acceptors (Lipinski definition) is 7. The van der Waals surface area contributed by atoms with E-state index < -0.39 is 18.8 Å². The van der Waals surface area contributed by atoms with Crippen LogP contribution in [0.4, 0.5) is 4.39 Å². The number of halogens is 1. The van der Waals surface area contributed by atoms with Crippen molar-refractivity contribution in [3.8, 4) is 17.2 Å². The van der Waals surface area contributed by atoms with Gasteiger partial charge in [-0.1, -0.05) is 38.0 Å². The van der Waals surface area contributed by atoms with Crippen molar-refractivity contribution in [3.63, 3.8) is 0 Å². The summed E-state index contributed by atoms with van der Waals surface area (Å²) in [7, 11) is 5.06. The van der Waals surface area contributed by atoms with Gasteiger partial charge in [0.15, 0.2) is 5.76 Å². The third-order valence-electron chi connectivity index (χ3n) is 6.44. The third kappa shape index (κ3) is 7.58. The van der Waals surface area contributed by atoms with E-state index in [-0.39, 0.29) is 18.1 Å². The van der Waals surface area contributed by atoms with Crippen molar-refractivity contribution in [1.82, 2.24) is 20.2 Å². The largest absolute Gasteiger partial charge is 0.480 e. The second-order valence-corrected chi connectivity index (χ2v) is 9.31. The van der Waals surface area contributed by atoms with Crippen LogP contribution in [0.1, 0.15) is 63.8 Å². The van der Waals surface area contributed by atoms with Crippen LogP contribution in [-0.2, 0) is 9.59 Å². The number of unbranched alkanes of at least 4 members (excludes halogenated alkanes) is 2. The number of hydrogen-bond donors (Lipinski definition) is 1. The minimum atomic E-state index is -0.603. The number of para-hydroxylation sites is 1. The minimum Gasteiger partial charge on any atom is -0.480 e. The monoisotopic (exact) mass is 512 g/mol. The number of ether oxygens (including phenoxy) is 1. The molecule has 9 heteroatoms. The number of carbonyl (C=O) groups excluding carboxylic acids is 2. The molecule has 1 N–H and O–H groups in total. The van der Waals surface area contributed by atoms with Gasteiger partial charge in [-0.05, 0) is 39.1 Å². The summed E-state index contributed by atoms with van der Waals surface area (Å²) in [5.74, 6) is 1.23. The number of carbonyl (C=O) groups is 2. The molecule has 0 saturated carbocycles. The predicted octanol–water partition coefficient (Wildman–Crippen LogP) is 5.28. The summed E-state index contributed by atoms with van der Waals surface area (Å²) >= 11 is 0. The number of pyridine rings is 1. The Morgan fingerprint density at radius 3 is 2.65 bits per heavy atom. The van der Waals surface area contributed by atoms with Gasteiger partial charge < -0.3 is 14.5 Å². The molecule has 0 bridgehead atoms. The van der Waals surface area contributed by atoms with Crippen LogP contribution in [0.25, 0.3) is 22.2 Å². The molecule has 3 aromatic rings. The van der Waals surface area contributed by atoms with E-state index in [9.17, 15) is 14.0 Å². The lowest BCUT2D eigenvalue weighted by Crippen LogP contribution is -2.45. The maximum Gasteiger partial charge on any atom is 0.238 e. The number of rotatable bonds is 15. The number of oxazole rings is 1. The van der Waals surface area contributed by atoms with E-state index in [1.807, 2.05) is 37.3 Å². The van der Waals surface area contributed by atoms with Crippen LogP contribution in [0.5, 0.6) is 5.88 Å². The number of ketones is 1. The van der Waals surface area contributed by atoms with Crippen LogP contribution in [-0.4, -0.2) is 60.5 Å². The topological polar surface area (TPSA) is 97.6 Å². The fraction of sp³-hybridized carbons (Fsp3) is 0.500. The Kier molecular flexibility index (Phi) is 10.6. The first kappa shape index (κ1) is 28.2. The van der Waals surface area contributed by atoms with Gasteiger partial charge in [-0.3, -0.25) is 18.9 Å². The molecular formula is C28H37FN4O4. The van der Waals surface area contributed by atoms with Gasteiger partial charge in [0.2, 0.25) is 17.7 Å². The highest BCUT2D eigenvalue weighted by Crippen LogP contribution is 2.33. The molecule has 2 atom stereocenters. The number of nitrogens with one attached hydrogen (secondary N) is 1. The lowest BCUT2D eigenvalue weighted by molar-refractivity contribution is -0.127. The first-order valence-corrected chi connectivity index (χ1v) is 12.8. The number of fused-ring (bicyclic) bond motifs is 1. The highest BCUT2D eigenvalue weighted by Gasteiger charge is 2.27. The van der Waals surface area contributed by atoms with Crippen molar-refractivity contribution in [2.24, 2.45) is 0 Å². The molecule has 1 aromatic carbocycles. The van der Waals surface area contributed by atoms with Crippen LogP contribution < -0.4 is 10.1 Å². The smallest absolute Gasteiger partial charge is 0.238 e. The first-order valence-electron chi connectivity index (χ1n) is 12.8. The molecule has 37 heavy (non-hydrogen) atoms. The lowest BCUT2D eigenvalue weighted by atomic mass is 10.0. The van der Waals surface area contributed by atoms with Gasteiger partial charge in [-0.2, -0.15) is 0 Å². The zero-order valence-corrected chi connectivity index (χ0v) is 22.1. The molecule has 2 heterocycles. The van der Waals surface area contributed by atoms with E-state index >= 15 is 0 Å². The van der Waals surface area contributed by atoms with Gasteiger partial charge in [0.05, 0.1) is 37.1 Å². The Morgan fingerprint density at radius 2 is 1.95 bits per heavy atom. The number of amides is 1. The fourth-order valence-corrected chi connectivity index (χ4v) is 4.28. The molecule has 0 saturated heterocycles. The fourth-order valence-electron chi connectivity index (χ4n) is 4.28. The van der Waals surface area contributed by atoms with Crippen LogP contribution in [0, 0.1) is 0 Å². The van der Waals surface area contributed by atoms with Crippen molar-refractivity contribution in [3.05, 3.63) is 42.4 Å². The van der Waals surface area contributed by atoms with Gasteiger partial charge in [-0.15, -0.1) is 0 Å². The average Bonchev–Trinajstić information content (AvgIpc) is 3.39. The van der Waals surface area contributed by atoms with Gasteiger partial charge in [-0.25, -0.2) is 9.97 Å². The Balaban J connectivity index is 1.83. The van der Waals surface area contributed by atoms with Crippen molar-refractivity contribution in [1.29, 1.82) is 0 Å². The van der Waals surface area contributed by atoms with Crippen molar-refractivity contribution < 1.29 is 23.1 Å². The number of alkyl halides is 1. The molecule has 2 aromatic heterocycles. The SMILES string of the molecule is CCC(=O)CCCCC[C@H](NC(=O)[C@H](CCF)N(C)C)c1ncc(-c2cc3ccccc3nc2OC)o1. The van der Waals surface area contributed by atoms with Gasteiger partial charge >= 0.3 is 0 Å². The Bertz CT molecular complexity index is 1180. The number of nitrogens with zero attached hydrogens (tertiary/aromatic N) is 3. The minimum absolute atomic E-state index is 0.0987. The summed E-state index contributed by atoms with van der Waals surface area (Å²) in [6, 6.07) is 8.55. The van der Waals surface area contributed by atoms with Gasteiger partial charge in [0, 0.05) is 24.6 Å². The molecule has 0 spiro atoms. The van der Waals surface area contributed by atoms with Crippen LogP contribution in [0.15, 0.2) is 40.9 Å². The summed E-state index contributed by atoms with van der Waals surface area (Å²) in [6.07, 6.45) is 5.80. The second-order valence-electron chi connectivity index (χ2n) is 9.31. The van der Waals surface area contributed by atoms with E-state index in [0.717, 1.165) is 30.2 Å². The Labute approximate surface area is 217 Å². The normalized spacial score (nSPS) is 13.0. The average molecular weight is 513 g/mol. The molecule has 0 aliphatic heterocycles. The lowest BCUT2D eigenvalue weighted by Gasteiger charge is -2.25. The highest BCUT2D eigenvalue weighted by atomic mass is 19.1. The number of Topliss-reactive ketones (excluding diaryl/α,β-unsaturated/α-hetero) is 1. The maximum absolute atomic E-state index is 13.1. The van der Waals surface area contributed by atoms with Gasteiger partial charge in [0.1, 0.15) is 11.8 Å². The molecule has 0 aliphatic rings. The van der Waals surface area contributed by atoms with Crippen LogP contribution >= 0.6 is 0 Å². The summed E-state index contributed by atoms with van der Waals surface area (Å²) in [4.78, 5) is 35.4. The zero-order chi connectivity index (χ0) is 26.8. The summed E-state index contributed by atoms with van der Waals surface area (Å²) in [6.45, 7) is 1.27. The van der Waals surface area contributed by atoms with Gasteiger partial charge in [0.25, 0.3) is 0 Å².